The number of rotatable bonds is 5. The topological polar surface area (TPSA) is 29.1 Å². The highest BCUT2D eigenvalue weighted by Gasteiger charge is 2.16. The van der Waals surface area contributed by atoms with E-state index in [1.54, 1.807) is 0 Å². The monoisotopic (exact) mass is 305 g/mol. The second kappa shape index (κ2) is 8.14. The Labute approximate surface area is 138 Å². The molecule has 0 fully saturated rings. The fourth-order valence-corrected chi connectivity index (χ4v) is 2.19. The van der Waals surface area contributed by atoms with E-state index in [0.717, 1.165) is 23.3 Å². The van der Waals surface area contributed by atoms with Crippen LogP contribution in [-0.4, -0.2) is 5.91 Å². The molecule has 0 spiro atoms. The van der Waals surface area contributed by atoms with Gasteiger partial charge in [-0.1, -0.05) is 69.0 Å². The van der Waals surface area contributed by atoms with Gasteiger partial charge in [0.25, 0.3) is 5.91 Å². The first-order chi connectivity index (χ1) is 11.1. The largest absolute Gasteiger partial charge is 0.322 e. The van der Waals surface area contributed by atoms with E-state index in [2.05, 4.69) is 24.0 Å². The molecule has 0 aliphatic heterocycles. The molecule has 1 N–H and O–H groups in total. The van der Waals surface area contributed by atoms with Crippen LogP contribution in [0, 0.1) is 5.92 Å². The second-order valence-corrected chi connectivity index (χ2v) is 5.79. The Kier molecular flexibility index (Phi) is 5.93. The molecule has 0 heterocycles. The van der Waals surface area contributed by atoms with Gasteiger partial charge in [-0.3, -0.25) is 4.79 Å². The zero-order chi connectivity index (χ0) is 16.7. The number of para-hydroxylation sites is 1. The van der Waals surface area contributed by atoms with E-state index in [-0.39, 0.29) is 11.8 Å². The lowest BCUT2D eigenvalue weighted by Crippen LogP contribution is -2.17. The van der Waals surface area contributed by atoms with Crippen LogP contribution in [0.15, 0.2) is 90.1 Å². The number of carbonyl (C=O) groups excluding carboxylic acids is 1. The van der Waals surface area contributed by atoms with Crippen LogP contribution >= 0.6 is 0 Å². The molecule has 0 atom stereocenters. The first kappa shape index (κ1) is 16.8. The van der Waals surface area contributed by atoms with E-state index in [1.807, 2.05) is 68.5 Å². The van der Waals surface area contributed by atoms with Crippen LogP contribution in [-0.2, 0) is 4.79 Å². The fraction of sp³-hybridized carbons (Fsp3) is 0.190. The Morgan fingerprint density at radius 2 is 1.96 bits per heavy atom. The molecule has 0 saturated heterocycles. The minimum absolute atomic E-state index is 0.127. The lowest BCUT2D eigenvalue weighted by Gasteiger charge is -2.15. The van der Waals surface area contributed by atoms with E-state index in [4.69, 9.17) is 0 Å². The Bertz CT molecular complexity index is 688. The van der Waals surface area contributed by atoms with Crippen molar-refractivity contribution < 1.29 is 4.79 Å². The molecule has 0 radical (unpaired) electrons. The van der Waals surface area contributed by atoms with Gasteiger partial charge in [0, 0.05) is 11.3 Å². The molecule has 1 aliphatic carbocycles. The van der Waals surface area contributed by atoms with Crippen molar-refractivity contribution in [1.82, 2.24) is 0 Å². The van der Waals surface area contributed by atoms with Gasteiger partial charge in [0.05, 0.1) is 0 Å². The molecule has 1 aromatic carbocycles. The summed E-state index contributed by atoms with van der Waals surface area (Å²) in [6.07, 6.45) is 13.0. The SMILES string of the molecule is C=C(/C(=C/C1=CC=CCC=C1)C(=O)Nc1ccccc1)C(C)C. The van der Waals surface area contributed by atoms with E-state index in [9.17, 15) is 4.79 Å². The van der Waals surface area contributed by atoms with E-state index in [1.165, 1.54) is 0 Å². The van der Waals surface area contributed by atoms with Crippen LogP contribution < -0.4 is 5.32 Å². The number of nitrogens with one attached hydrogen (secondary N) is 1. The molecule has 118 valence electrons. The number of hydrogen-bond donors (Lipinski definition) is 1. The number of benzene rings is 1. The zero-order valence-electron chi connectivity index (χ0n) is 13.8. The van der Waals surface area contributed by atoms with Gasteiger partial charge in [-0.25, -0.2) is 0 Å². The van der Waals surface area contributed by atoms with E-state index < -0.39 is 0 Å². The maximum absolute atomic E-state index is 12.7. The third-order valence-corrected chi connectivity index (χ3v) is 3.64. The molecule has 1 aliphatic rings. The van der Waals surface area contributed by atoms with Crippen LogP contribution in [0.5, 0.6) is 0 Å². The Hall–Kier alpha value is -2.61. The van der Waals surface area contributed by atoms with Crippen LogP contribution in [0.25, 0.3) is 0 Å². The number of anilines is 1. The summed E-state index contributed by atoms with van der Waals surface area (Å²) in [6.45, 7) is 8.20. The number of hydrogen-bond acceptors (Lipinski definition) is 1. The van der Waals surface area contributed by atoms with Crippen molar-refractivity contribution in [3.05, 3.63) is 90.1 Å². The van der Waals surface area contributed by atoms with Crippen LogP contribution in [0.3, 0.4) is 0 Å². The summed E-state index contributed by atoms with van der Waals surface area (Å²) >= 11 is 0. The summed E-state index contributed by atoms with van der Waals surface area (Å²) < 4.78 is 0. The summed E-state index contributed by atoms with van der Waals surface area (Å²) in [5.41, 5.74) is 3.24. The van der Waals surface area contributed by atoms with Crippen molar-refractivity contribution in [3.8, 4) is 0 Å². The molecule has 0 bridgehead atoms. The second-order valence-electron chi connectivity index (χ2n) is 5.79. The highest BCUT2D eigenvalue weighted by molar-refractivity contribution is 6.07. The molecule has 1 aromatic rings. The minimum atomic E-state index is -0.127. The summed E-state index contributed by atoms with van der Waals surface area (Å²) in [5, 5.41) is 2.95. The van der Waals surface area contributed by atoms with Gasteiger partial charge in [-0.05, 0) is 41.7 Å². The van der Waals surface area contributed by atoms with Gasteiger partial charge in [0.15, 0.2) is 0 Å². The Morgan fingerprint density at radius 3 is 2.65 bits per heavy atom. The van der Waals surface area contributed by atoms with Gasteiger partial charge in [-0.2, -0.15) is 0 Å². The number of amides is 1. The first-order valence-corrected chi connectivity index (χ1v) is 7.88. The predicted octanol–water partition coefficient (Wildman–Crippen LogP) is 5.21. The molecule has 23 heavy (non-hydrogen) atoms. The zero-order valence-corrected chi connectivity index (χ0v) is 13.8. The fourth-order valence-electron chi connectivity index (χ4n) is 2.19. The van der Waals surface area contributed by atoms with Crippen molar-refractivity contribution in [1.29, 1.82) is 0 Å². The average Bonchev–Trinajstić information content (AvgIpc) is 2.81. The summed E-state index contributed by atoms with van der Waals surface area (Å²) in [4.78, 5) is 12.7. The maximum atomic E-state index is 12.7. The van der Waals surface area contributed by atoms with Gasteiger partial charge in [0.2, 0.25) is 0 Å². The Balaban J connectivity index is 2.30. The molecular weight excluding hydrogens is 282 g/mol. The quantitative estimate of drug-likeness (QED) is 0.587. The highest BCUT2D eigenvalue weighted by Crippen LogP contribution is 2.22. The molecule has 1 amide bonds. The molecular formula is C21H23NO. The van der Waals surface area contributed by atoms with Crippen LogP contribution in [0.1, 0.15) is 20.3 Å². The third kappa shape index (κ3) is 4.96. The van der Waals surface area contributed by atoms with E-state index in [0.29, 0.717) is 5.57 Å². The molecule has 2 rings (SSSR count). The smallest absolute Gasteiger partial charge is 0.255 e. The van der Waals surface area contributed by atoms with Gasteiger partial charge < -0.3 is 5.32 Å². The molecule has 0 aromatic heterocycles. The van der Waals surface area contributed by atoms with Gasteiger partial charge >= 0.3 is 0 Å². The molecule has 0 saturated carbocycles. The van der Waals surface area contributed by atoms with Crippen LogP contribution in [0.4, 0.5) is 5.69 Å². The molecule has 0 unspecified atom stereocenters. The number of allylic oxidation sites excluding steroid dienone is 7. The summed E-state index contributed by atoms with van der Waals surface area (Å²) in [5.74, 6) is 0.0751. The molecule has 2 nitrogen and oxygen atoms in total. The Morgan fingerprint density at radius 1 is 1.22 bits per heavy atom. The number of carbonyl (C=O) groups is 1. The summed E-state index contributed by atoms with van der Waals surface area (Å²) in [6, 6.07) is 9.48. The normalized spacial score (nSPS) is 14.4. The van der Waals surface area contributed by atoms with Crippen molar-refractivity contribution >= 4 is 11.6 Å². The van der Waals surface area contributed by atoms with Gasteiger partial charge in [0.1, 0.15) is 0 Å². The minimum Gasteiger partial charge on any atom is -0.322 e. The first-order valence-electron chi connectivity index (χ1n) is 7.88. The lowest BCUT2D eigenvalue weighted by atomic mass is 9.94. The van der Waals surface area contributed by atoms with Crippen LogP contribution in [0.2, 0.25) is 0 Å². The molecule has 2 heteroatoms. The highest BCUT2D eigenvalue weighted by atomic mass is 16.1. The lowest BCUT2D eigenvalue weighted by molar-refractivity contribution is -0.112. The van der Waals surface area contributed by atoms with Crippen molar-refractivity contribution in [2.24, 2.45) is 5.92 Å². The predicted molar refractivity (Wildman–Crippen MR) is 98.1 cm³/mol. The van der Waals surface area contributed by atoms with Crippen molar-refractivity contribution in [2.45, 2.75) is 20.3 Å². The maximum Gasteiger partial charge on any atom is 0.255 e. The van der Waals surface area contributed by atoms with Crippen molar-refractivity contribution in [2.75, 3.05) is 5.32 Å². The standard InChI is InChI=1S/C21H23NO/c1-16(2)17(3)20(15-18-11-7-4-5-8-12-18)21(23)22-19-13-9-6-10-14-19/h4,6-16H,3,5H2,1-2H3,(H,22,23)/b20-15-. The third-order valence-electron chi connectivity index (χ3n) is 3.64. The summed E-state index contributed by atoms with van der Waals surface area (Å²) in [7, 11) is 0. The van der Waals surface area contributed by atoms with E-state index >= 15 is 0 Å². The van der Waals surface area contributed by atoms with Gasteiger partial charge in [-0.15, -0.1) is 0 Å². The van der Waals surface area contributed by atoms with Crippen molar-refractivity contribution in [3.63, 3.8) is 0 Å². The average molecular weight is 305 g/mol.